The van der Waals surface area contributed by atoms with Crippen LogP contribution in [-0.2, 0) is 4.79 Å². The summed E-state index contributed by atoms with van der Waals surface area (Å²) < 4.78 is 0. The van der Waals surface area contributed by atoms with Crippen LogP contribution in [0.1, 0.15) is 94.4 Å². The molecule has 0 aromatic heterocycles. The van der Waals surface area contributed by atoms with Crippen molar-refractivity contribution in [3.63, 3.8) is 0 Å². The maximum atomic E-state index is 12.9. The van der Waals surface area contributed by atoms with Crippen molar-refractivity contribution >= 4 is 5.91 Å². The van der Waals surface area contributed by atoms with E-state index < -0.39 is 17.6 Å². The van der Waals surface area contributed by atoms with Crippen LogP contribution in [-0.4, -0.2) is 45.8 Å². The van der Waals surface area contributed by atoms with Gasteiger partial charge in [0, 0.05) is 13.1 Å². The summed E-state index contributed by atoms with van der Waals surface area (Å²) >= 11 is 0. The lowest BCUT2D eigenvalue weighted by molar-refractivity contribution is -0.144. The molecule has 1 fully saturated rings. The van der Waals surface area contributed by atoms with Gasteiger partial charge in [-0.05, 0) is 49.9 Å². The number of likely N-dealkylation sites (tertiary alicyclic amines) is 1. The van der Waals surface area contributed by atoms with Crippen LogP contribution >= 0.6 is 0 Å². The Morgan fingerprint density at radius 1 is 1.18 bits per heavy atom. The second-order valence-corrected chi connectivity index (χ2v) is 9.20. The lowest BCUT2D eigenvalue weighted by Crippen LogP contribution is -2.49. The van der Waals surface area contributed by atoms with Crippen LogP contribution in [0.25, 0.3) is 0 Å². The van der Waals surface area contributed by atoms with Crippen molar-refractivity contribution in [3.05, 3.63) is 0 Å². The fraction of sp³-hybridized carbons (Fsp3) is 0.958. The van der Waals surface area contributed by atoms with E-state index in [0.29, 0.717) is 18.3 Å². The fourth-order valence-electron chi connectivity index (χ4n) is 4.39. The molecule has 0 bridgehead atoms. The highest BCUT2D eigenvalue weighted by Gasteiger charge is 2.40. The van der Waals surface area contributed by atoms with Crippen molar-refractivity contribution in [2.75, 3.05) is 13.1 Å². The molecule has 1 aliphatic heterocycles. The number of carbonyl (C=O) groups excluding carboxylic acids is 1. The van der Waals surface area contributed by atoms with E-state index in [1.54, 1.807) is 0 Å². The summed E-state index contributed by atoms with van der Waals surface area (Å²) in [5.74, 6) is 0.449. The van der Waals surface area contributed by atoms with Gasteiger partial charge in [0.1, 0.15) is 0 Å². The third kappa shape index (κ3) is 7.67. The zero-order chi connectivity index (χ0) is 22.1. The molecule has 0 radical (unpaired) electrons. The molecule has 168 valence electrons. The molecule has 4 nitrogen and oxygen atoms in total. The molecule has 28 heavy (non-hydrogen) atoms. The minimum atomic E-state index is -0.836. The first-order chi connectivity index (χ1) is 13.0. The molecule has 7 atom stereocenters. The van der Waals surface area contributed by atoms with E-state index in [1.165, 1.54) is 6.42 Å². The predicted molar refractivity (Wildman–Crippen MR) is 119 cm³/mol. The number of amides is 1. The summed E-state index contributed by atoms with van der Waals surface area (Å²) in [6.45, 7) is 19.8. The number of rotatable bonds is 9. The summed E-state index contributed by atoms with van der Waals surface area (Å²) in [7, 11) is 0. The number of hydrogen-bond donors (Lipinski definition) is 2. The first-order valence-electron chi connectivity index (χ1n) is 11.7. The van der Waals surface area contributed by atoms with Crippen molar-refractivity contribution in [3.8, 4) is 0 Å². The van der Waals surface area contributed by atoms with Gasteiger partial charge < -0.3 is 15.1 Å². The molecule has 0 saturated carbocycles. The Balaban J connectivity index is 0.00000352. The molecular formula is C24H49NO3. The molecule has 1 rings (SSSR count). The van der Waals surface area contributed by atoms with Crippen LogP contribution in [0.15, 0.2) is 0 Å². The molecule has 0 spiro atoms. The zero-order valence-electron chi connectivity index (χ0n) is 20.2. The van der Waals surface area contributed by atoms with E-state index in [2.05, 4.69) is 20.8 Å². The van der Waals surface area contributed by atoms with Gasteiger partial charge in [-0.3, -0.25) is 4.79 Å². The minimum absolute atomic E-state index is 0.0660. The van der Waals surface area contributed by atoms with Crippen molar-refractivity contribution in [1.29, 1.82) is 0 Å². The van der Waals surface area contributed by atoms with Crippen LogP contribution in [0.5, 0.6) is 0 Å². The first-order valence-corrected chi connectivity index (χ1v) is 11.7. The largest absolute Gasteiger partial charge is 0.392 e. The van der Waals surface area contributed by atoms with Crippen molar-refractivity contribution < 1.29 is 15.0 Å². The third-order valence-electron chi connectivity index (χ3n) is 7.08. The summed E-state index contributed by atoms with van der Waals surface area (Å²) in [5.41, 5.74) is -0.836. The number of nitrogens with zero attached hydrogens (tertiary/aromatic N) is 1. The highest BCUT2D eigenvalue weighted by Crippen LogP contribution is 2.35. The normalized spacial score (nSPS) is 24.8. The highest BCUT2D eigenvalue weighted by molar-refractivity contribution is 5.79. The standard InChI is InChI=1S/C22H43NO3.C2H6/c1-8-15(3)13-22(7,26)18(6)16(4)20(24)17(5)21(25)23-12-10-11-19(9-2)14-23;1-2/h15-20,24,26H,8-14H2,1-7H3;1-2H3/t15-,16+,17?,18+,19?,20-,22+;/m0./s1. The van der Waals surface area contributed by atoms with Crippen LogP contribution in [0.3, 0.4) is 0 Å². The third-order valence-corrected chi connectivity index (χ3v) is 7.08. The average molecular weight is 400 g/mol. The molecule has 1 saturated heterocycles. The molecule has 2 N–H and O–H groups in total. The van der Waals surface area contributed by atoms with Gasteiger partial charge in [0.25, 0.3) is 0 Å². The summed E-state index contributed by atoms with van der Waals surface area (Å²) in [5, 5.41) is 21.8. The summed E-state index contributed by atoms with van der Waals surface area (Å²) in [4.78, 5) is 14.8. The summed E-state index contributed by atoms with van der Waals surface area (Å²) in [6, 6.07) is 0. The van der Waals surface area contributed by atoms with Gasteiger partial charge in [-0.2, -0.15) is 0 Å². The SMILES string of the molecule is CC.CCC1CCCN(C(=O)C(C)[C@@H](O)[C@H](C)[C@@H](C)[C@](C)(O)C[C@@H](C)CC)C1. The van der Waals surface area contributed by atoms with E-state index in [1.807, 2.05) is 46.4 Å². The Morgan fingerprint density at radius 3 is 2.25 bits per heavy atom. The molecule has 1 aliphatic rings. The van der Waals surface area contributed by atoms with Crippen molar-refractivity contribution in [2.45, 2.75) is 106 Å². The Morgan fingerprint density at radius 2 is 1.75 bits per heavy atom. The van der Waals surface area contributed by atoms with Gasteiger partial charge >= 0.3 is 0 Å². The lowest BCUT2D eigenvalue weighted by atomic mass is 9.72. The Kier molecular flexibility index (Phi) is 12.6. The molecule has 2 unspecified atom stereocenters. The lowest BCUT2D eigenvalue weighted by Gasteiger charge is -2.40. The van der Waals surface area contributed by atoms with E-state index in [-0.39, 0.29) is 17.7 Å². The van der Waals surface area contributed by atoms with Gasteiger partial charge in [0.2, 0.25) is 5.91 Å². The molecule has 1 amide bonds. The quantitative estimate of drug-likeness (QED) is 0.566. The molecule has 0 aliphatic carbocycles. The molecule has 1 heterocycles. The molecule has 0 aromatic carbocycles. The Labute approximate surface area is 175 Å². The minimum Gasteiger partial charge on any atom is -0.392 e. The highest BCUT2D eigenvalue weighted by atomic mass is 16.3. The predicted octanol–water partition coefficient (Wildman–Crippen LogP) is 5.12. The van der Waals surface area contributed by atoms with Gasteiger partial charge in [-0.25, -0.2) is 0 Å². The monoisotopic (exact) mass is 399 g/mol. The van der Waals surface area contributed by atoms with E-state index in [9.17, 15) is 15.0 Å². The van der Waals surface area contributed by atoms with Gasteiger partial charge in [0.15, 0.2) is 0 Å². The molecular weight excluding hydrogens is 350 g/mol. The fourth-order valence-corrected chi connectivity index (χ4v) is 4.39. The second-order valence-electron chi connectivity index (χ2n) is 9.20. The number of carbonyl (C=O) groups is 1. The van der Waals surface area contributed by atoms with Crippen LogP contribution in [0.4, 0.5) is 0 Å². The Bertz CT molecular complexity index is 438. The zero-order valence-corrected chi connectivity index (χ0v) is 20.2. The van der Waals surface area contributed by atoms with Gasteiger partial charge in [-0.1, -0.05) is 68.2 Å². The number of aliphatic hydroxyl groups excluding tert-OH is 1. The smallest absolute Gasteiger partial charge is 0.228 e. The van der Waals surface area contributed by atoms with Crippen LogP contribution < -0.4 is 0 Å². The number of piperidine rings is 1. The van der Waals surface area contributed by atoms with Crippen molar-refractivity contribution in [1.82, 2.24) is 4.90 Å². The molecule has 4 heteroatoms. The Hall–Kier alpha value is -0.610. The van der Waals surface area contributed by atoms with Gasteiger partial charge in [0.05, 0.1) is 17.6 Å². The van der Waals surface area contributed by atoms with Crippen LogP contribution in [0, 0.1) is 29.6 Å². The molecule has 0 aromatic rings. The maximum absolute atomic E-state index is 12.9. The van der Waals surface area contributed by atoms with Gasteiger partial charge in [-0.15, -0.1) is 0 Å². The first kappa shape index (κ1) is 27.4. The van der Waals surface area contributed by atoms with E-state index >= 15 is 0 Å². The van der Waals surface area contributed by atoms with Crippen LogP contribution in [0.2, 0.25) is 0 Å². The maximum Gasteiger partial charge on any atom is 0.228 e. The number of aliphatic hydroxyl groups is 2. The average Bonchev–Trinajstić information content (AvgIpc) is 2.71. The van der Waals surface area contributed by atoms with E-state index in [4.69, 9.17) is 0 Å². The van der Waals surface area contributed by atoms with Crippen molar-refractivity contribution in [2.24, 2.45) is 29.6 Å². The van der Waals surface area contributed by atoms with E-state index in [0.717, 1.165) is 32.4 Å². The topological polar surface area (TPSA) is 60.8 Å². The second kappa shape index (κ2) is 12.8. The summed E-state index contributed by atoms with van der Waals surface area (Å²) in [6.07, 6.45) is 4.37. The number of hydrogen-bond acceptors (Lipinski definition) is 3.